The van der Waals surface area contributed by atoms with E-state index in [1.54, 1.807) is 30.4 Å². The van der Waals surface area contributed by atoms with Crippen LogP contribution in [0.3, 0.4) is 0 Å². The number of carbonyl (C=O) groups is 1. The number of ketones is 1. The second-order valence-corrected chi connectivity index (χ2v) is 5.32. The van der Waals surface area contributed by atoms with Crippen LogP contribution < -0.4 is 4.74 Å². The lowest BCUT2D eigenvalue weighted by atomic mass is 10.0. The van der Waals surface area contributed by atoms with Gasteiger partial charge in [-0.25, -0.2) is 0 Å². The van der Waals surface area contributed by atoms with Crippen molar-refractivity contribution in [1.82, 2.24) is 0 Å². The Morgan fingerprint density at radius 2 is 1.96 bits per heavy atom. The number of hydrogen-bond donors (Lipinski definition) is 1. The van der Waals surface area contributed by atoms with E-state index in [0.717, 1.165) is 5.56 Å². The lowest BCUT2D eigenvalue weighted by molar-refractivity contribution is 0.0919. The number of allylic oxidation sites excluding steroid dienone is 2. The van der Waals surface area contributed by atoms with E-state index in [4.69, 9.17) is 4.74 Å². The molecule has 0 aliphatic rings. The molecule has 122 valence electrons. The van der Waals surface area contributed by atoms with Gasteiger partial charge in [0, 0.05) is 5.92 Å². The zero-order valence-electron chi connectivity index (χ0n) is 13.6. The summed E-state index contributed by atoms with van der Waals surface area (Å²) in [6, 6.07) is 14.0. The van der Waals surface area contributed by atoms with E-state index in [9.17, 15) is 9.90 Å². The largest absolute Gasteiger partial charge is 0.507 e. The molecule has 2 aromatic rings. The molecule has 0 saturated carbocycles. The van der Waals surface area contributed by atoms with Crippen molar-refractivity contribution in [2.24, 2.45) is 0 Å². The molecule has 0 bridgehead atoms. The molecule has 24 heavy (non-hydrogen) atoms. The first-order valence-corrected chi connectivity index (χ1v) is 7.69. The molecule has 0 aliphatic carbocycles. The minimum Gasteiger partial charge on any atom is -0.507 e. The van der Waals surface area contributed by atoms with Crippen LogP contribution in [-0.4, -0.2) is 17.5 Å². The molecule has 3 heteroatoms. The Kier molecular flexibility index (Phi) is 6.18. The maximum Gasteiger partial charge on any atom is 0.203 e. The summed E-state index contributed by atoms with van der Waals surface area (Å²) in [5, 5.41) is 9.67. The van der Waals surface area contributed by atoms with E-state index in [-0.39, 0.29) is 29.6 Å². The minimum absolute atomic E-state index is 0.0327. The van der Waals surface area contributed by atoms with Gasteiger partial charge in [0.1, 0.15) is 11.5 Å². The average molecular weight is 320 g/mol. The molecule has 0 spiro atoms. The third-order valence-electron chi connectivity index (χ3n) is 3.54. The summed E-state index contributed by atoms with van der Waals surface area (Å²) in [5.74, 6) is 0.538. The third kappa shape index (κ3) is 4.73. The number of Topliss-reactive ketones (excluding diaryl/α,β-unsaturated/α-hetero) is 1. The van der Waals surface area contributed by atoms with E-state index in [1.807, 2.05) is 30.3 Å². The van der Waals surface area contributed by atoms with Crippen molar-refractivity contribution >= 4 is 5.78 Å². The summed E-state index contributed by atoms with van der Waals surface area (Å²) in [6.45, 7) is 5.56. The van der Waals surface area contributed by atoms with Gasteiger partial charge in [0.15, 0.2) is 6.61 Å². The van der Waals surface area contributed by atoms with Crippen LogP contribution in [0.25, 0.3) is 0 Å². The summed E-state index contributed by atoms with van der Waals surface area (Å²) in [5.41, 5.74) is 4.43. The highest BCUT2D eigenvalue weighted by molar-refractivity contribution is 5.99. The number of phenols is 1. The van der Waals surface area contributed by atoms with E-state index < -0.39 is 0 Å². The first kappa shape index (κ1) is 17.3. The number of phenolic OH excluding ortho intramolecular Hbond substituents is 1. The number of benzene rings is 2. The molecule has 1 atom stereocenters. The normalized spacial score (nSPS) is 11.0. The Morgan fingerprint density at radius 1 is 1.25 bits per heavy atom. The van der Waals surface area contributed by atoms with E-state index in [0.29, 0.717) is 5.75 Å². The highest BCUT2D eigenvalue weighted by atomic mass is 16.5. The third-order valence-corrected chi connectivity index (χ3v) is 3.54. The van der Waals surface area contributed by atoms with Gasteiger partial charge in [0.2, 0.25) is 5.78 Å². The van der Waals surface area contributed by atoms with Gasteiger partial charge in [-0.3, -0.25) is 4.79 Å². The van der Waals surface area contributed by atoms with Gasteiger partial charge in [0.05, 0.1) is 5.56 Å². The van der Waals surface area contributed by atoms with Crippen molar-refractivity contribution in [3.63, 3.8) is 0 Å². The highest BCUT2D eigenvalue weighted by Gasteiger charge is 2.11. The predicted molar refractivity (Wildman–Crippen MR) is 95.6 cm³/mol. The Balaban J connectivity index is 1.97. The van der Waals surface area contributed by atoms with Crippen molar-refractivity contribution in [2.75, 3.05) is 6.61 Å². The van der Waals surface area contributed by atoms with Crippen LogP contribution in [0, 0.1) is 0 Å². The predicted octanol–water partition coefficient (Wildman–Crippen LogP) is 4.65. The van der Waals surface area contributed by atoms with Gasteiger partial charge in [-0.15, -0.1) is 5.73 Å². The van der Waals surface area contributed by atoms with Gasteiger partial charge >= 0.3 is 0 Å². The fourth-order valence-corrected chi connectivity index (χ4v) is 2.17. The maximum absolute atomic E-state index is 12.1. The first-order chi connectivity index (χ1) is 11.6. The molecule has 3 nitrogen and oxygen atoms in total. The first-order valence-electron chi connectivity index (χ1n) is 7.69. The summed E-state index contributed by atoms with van der Waals surface area (Å²) < 4.78 is 5.50. The monoisotopic (exact) mass is 320 g/mol. The minimum atomic E-state index is -0.261. The van der Waals surface area contributed by atoms with E-state index in [1.165, 1.54) is 6.07 Å². The second-order valence-electron chi connectivity index (χ2n) is 5.32. The Hall–Kier alpha value is -3.03. The molecule has 0 fully saturated rings. The van der Waals surface area contributed by atoms with Crippen molar-refractivity contribution in [3.8, 4) is 11.5 Å². The lowest BCUT2D eigenvalue weighted by Gasteiger charge is -2.09. The molecular formula is C21H20O3. The fraction of sp³-hybridized carbons (Fsp3) is 0.143. The van der Waals surface area contributed by atoms with Gasteiger partial charge in [-0.2, -0.15) is 0 Å². The Labute approximate surface area is 142 Å². The van der Waals surface area contributed by atoms with Crippen LogP contribution in [0.1, 0.15) is 28.8 Å². The van der Waals surface area contributed by atoms with Crippen LogP contribution >= 0.6 is 0 Å². The number of ether oxygens (including phenoxy) is 1. The summed E-state index contributed by atoms with van der Waals surface area (Å²) in [4.78, 5) is 12.1. The van der Waals surface area contributed by atoms with E-state index >= 15 is 0 Å². The summed E-state index contributed by atoms with van der Waals surface area (Å²) in [7, 11) is 0. The molecule has 0 heterocycles. The molecule has 0 aliphatic heterocycles. The molecule has 0 amide bonds. The Bertz CT molecular complexity index is 766. The van der Waals surface area contributed by atoms with Gasteiger partial charge in [0.25, 0.3) is 0 Å². The number of aromatic hydroxyl groups is 1. The number of rotatable bonds is 7. The van der Waals surface area contributed by atoms with E-state index in [2.05, 4.69) is 19.2 Å². The quantitative estimate of drug-likeness (QED) is 0.459. The summed E-state index contributed by atoms with van der Waals surface area (Å²) >= 11 is 0. The molecule has 0 saturated heterocycles. The van der Waals surface area contributed by atoms with Gasteiger partial charge in [-0.05, 0) is 42.0 Å². The molecule has 1 N–H and O–H groups in total. The number of carbonyl (C=O) groups excluding carboxylic acids is 1. The van der Waals surface area contributed by atoms with Gasteiger partial charge in [-0.1, -0.05) is 43.8 Å². The molecule has 1 unspecified atom stereocenters. The molecular weight excluding hydrogens is 300 g/mol. The number of hydrogen-bond acceptors (Lipinski definition) is 3. The number of para-hydroxylation sites is 1. The van der Waals surface area contributed by atoms with Crippen LogP contribution in [-0.2, 0) is 0 Å². The summed E-state index contributed by atoms with van der Waals surface area (Å²) in [6.07, 6.45) is 5.40. The molecule has 0 radical (unpaired) electrons. The zero-order chi connectivity index (χ0) is 17.4. The van der Waals surface area contributed by atoms with Crippen LogP contribution in [0.2, 0.25) is 0 Å². The molecule has 0 aromatic heterocycles. The van der Waals surface area contributed by atoms with Crippen molar-refractivity contribution < 1.29 is 14.6 Å². The molecule has 2 aromatic carbocycles. The topological polar surface area (TPSA) is 46.5 Å². The SMILES string of the molecule is C=CC=C=CC(C)c1ccc(OCC(=O)c2ccccc2O)cc1. The molecule has 2 rings (SSSR count). The standard InChI is InChI=1S/C21H20O3/c1-3-4-5-8-16(2)17-11-13-18(14-12-17)24-15-21(23)19-9-6-7-10-20(19)22/h3-4,6-14,16,22H,1,15H2,2H3. The average Bonchev–Trinajstić information content (AvgIpc) is 2.60. The van der Waals surface area contributed by atoms with Crippen LogP contribution in [0.15, 0.2) is 79.1 Å². The van der Waals surface area contributed by atoms with Crippen molar-refractivity contribution in [3.05, 3.63) is 90.2 Å². The second kappa shape index (κ2) is 8.56. The van der Waals surface area contributed by atoms with Crippen LogP contribution in [0.5, 0.6) is 11.5 Å². The lowest BCUT2D eigenvalue weighted by Crippen LogP contribution is -2.11. The van der Waals surface area contributed by atoms with Crippen molar-refractivity contribution in [2.45, 2.75) is 12.8 Å². The fourth-order valence-electron chi connectivity index (χ4n) is 2.17. The van der Waals surface area contributed by atoms with Gasteiger partial charge < -0.3 is 9.84 Å². The smallest absolute Gasteiger partial charge is 0.203 e. The Morgan fingerprint density at radius 3 is 2.62 bits per heavy atom. The maximum atomic E-state index is 12.1. The highest BCUT2D eigenvalue weighted by Crippen LogP contribution is 2.21. The van der Waals surface area contributed by atoms with Crippen LogP contribution in [0.4, 0.5) is 0 Å². The van der Waals surface area contributed by atoms with Crippen molar-refractivity contribution in [1.29, 1.82) is 0 Å². The zero-order valence-corrected chi connectivity index (χ0v) is 13.6.